The Bertz CT molecular complexity index is 2000. The Morgan fingerprint density at radius 1 is 0.472 bits per heavy atom. The highest BCUT2D eigenvalue weighted by molar-refractivity contribution is 6.09. The molecule has 0 fully saturated rings. The molecule has 0 radical (unpaired) electrons. The van der Waals surface area contributed by atoms with Crippen LogP contribution in [0.4, 0.5) is 5.69 Å². The maximum atomic E-state index is 13.7. The molecule has 0 bridgehead atoms. The fourth-order valence-corrected chi connectivity index (χ4v) is 4.61. The lowest BCUT2D eigenvalue weighted by Crippen LogP contribution is -2.22. The van der Waals surface area contributed by atoms with Crippen LogP contribution < -0.4 is 51.2 Å². The number of Topliss-reactive ketones (excluding diaryl/α,β-unsaturated/α-hetero) is 1. The SMILES string of the molecule is CC(=NN=C(N)N)c1cc(NC(=O)Cc2cccc(CC(=O)c3cc(C(C)=NN=C(N)N)cc(C(C)=NN=C(N)N)c3)c2)cc(C(C)=NN=C(N)N)c1. The molecular formula is C34H43N17O2. The van der Waals surface area contributed by atoms with Gasteiger partial charge in [-0.15, -0.1) is 20.4 Å². The summed E-state index contributed by atoms with van der Waals surface area (Å²) in [5.41, 5.74) is 49.8. The fourth-order valence-electron chi connectivity index (χ4n) is 4.61. The predicted molar refractivity (Wildman–Crippen MR) is 212 cm³/mol. The summed E-state index contributed by atoms with van der Waals surface area (Å²) in [6, 6.07) is 17.5. The van der Waals surface area contributed by atoms with E-state index < -0.39 is 0 Å². The number of carbonyl (C=O) groups excluding carboxylic acids is 2. The van der Waals surface area contributed by atoms with Crippen LogP contribution in [0.25, 0.3) is 0 Å². The summed E-state index contributed by atoms with van der Waals surface area (Å²) in [7, 11) is 0. The van der Waals surface area contributed by atoms with E-state index in [2.05, 4.69) is 46.1 Å². The van der Waals surface area contributed by atoms with E-state index in [-0.39, 0.29) is 48.4 Å². The third-order valence-electron chi connectivity index (χ3n) is 7.13. The molecule has 1 amide bonds. The molecule has 3 aromatic carbocycles. The lowest BCUT2D eigenvalue weighted by atomic mass is 9.95. The Balaban J connectivity index is 1.90. The lowest BCUT2D eigenvalue weighted by molar-refractivity contribution is -0.115. The molecule has 19 nitrogen and oxygen atoms in total. The summed E-state index contributed by atoms with van der Waals surface area (Å²) in [6.07, 6.45) is 0.0328. The van der Waals surface area contributed by atoms with Crippen LogP contribution in [0, 0.1) is 0 Å². The Kier molecular flexibility index (Phi) is 14.0. The smallest absolute Gasteiger partial charge is 0.228 e. The van der Waals surface area contributed by atoms with Crippen molar-refractivity contribution in [1.29, 1.82) is 0 Å². The highest BCUT2D eigenvalue weighted by Gasteiger charge is 2.15. The van der Waals surface area contributed by atoms with Gasteiger partial charge in [-0.05, 0) is 86.3 Å². The van der Waals surface area contributed by atoms with Gasteiger partial charge in [-0.25, -0.2) is 0 Å². The third-order valence-corrected chi connectivity index (χ3v) is 7.13. The monoisotopic (exact) mass is 721 g/mol. The van der Waals surface area contributed by atoms with Crippen molar-refractivity contribution in [3.63, 3.8) is 0 Å². The van der Waals surface area contributed by atoms with Crippen LogP contribution >= 0.6 is 0 Å². The molecule has 53 heavy (non-hydrogen) atoms. The van der Waals surface area contributed by atoms with Crippen molar-refractivity contribution >= 4 is 64.1 Å². The second-order valence-electron chi connectivity index (χ2n) is 11.6. The van der Waals surface area contributed by atoms with Crippen molar-refractivity contribution in [3.8, 4) is 0 Å². The van der Waals surface area contributed by atoms with Gasteiger partial charge in [-0.2, -0.15) is 20.4 Å². The number of amides is 1. The van der Waals surface area contributed by atoms with E-state index in [0.717, 1.165) is 0 Å². The Hall–Kier alpha value is -7.44. The number of anilines is 1. The molecule has 3 rings (SSSR count). The van der Waals surface area contributed by atoms with E-state index in [1.165, 1.54) is 0 Å². The number of rotatable bonds is 14. The maximum absolute atomic E-state index is 13.7. The number of ketones is 1. The summed E-state index contributed by atoms with van der Waals surface area (Å²) in [6.45, 7) is 6.78. The minimum atomic E-state index is -0.322. The van der Waals surface area contributed by atoms with Crippen LogP contribution in [0.2, 0.25) is 0 Å². The van der Waals surface area contributed by atoms with Gasteiger partial charge in [0.15, 0.2) is 5.78 Å². The molecule has 0 aliphatic heterocycles. The zero-order valence-electron chi connectivity index (χ0n) is 29.7. The quantitative estimate of drug-likeness (QED) is 0.0474. The zero-order valence-corrected chi connectivity index (χ0v) is 29.7. The van der Waals surface area contributed by atoms with Gasteiger partial charge in [0.2, 0.25) is 29.7 Å². The number of hydrogen-bond donors (Lipinski definition) is 9. The van der Waals surface area contributed by atoms with E-state index in [0.29, 0.717) is 67.5 Å². The van der Waals surface area contributed by atoms with Gasteiger partial charge in [0.05, 0.1) is 29.3 Å². The van der Waals surface area contributed by atoms with Gasteiger partial charge in [0.1, 0.15) is 0 Å². The first kappa shape index (κ1) is 40.0. The van der Waals surface area contributed by atoms with Crippen molar-refractivity contribution in [3.05, 3.63) is 99.6 Å². The molecule has 0 spiro atoms. The summed E-state index contributed by atoms with van der Waals surface area (Å²) in [5, 5.41) is 33.9. The zero-order chi connectivity index (χ0) is 39.2. The number of guanidine groups is 4. The van der Waals surface area contributed by atoms with Crippen LogP contribution in [0.15, 0.2) is 101 Å². The van der Waals surface area contributed by atoms with Crippen molar-refractivity contribution < 1.29 is 9.59 Å². The van der Waals surface area contributed by atoms with Gasteiger partial charge >= 0.3 is 0 Å². The van der Waals surface area contributed by atoms with E-state index in [9.17, 15) is 9.59 Å². The van der Waals surface area contributed by atoms with Gasteiger partial charge in [-0.1, -0.05) is 24.3 Å². The maximum Gasteiger partial charge on any atom is 0.228 e. The van der Waals surface area contributed by atoms with E-state index >= 15 is 0 Å². The van der Waals surface area contributed by atoms with Crippen molar-refractivity contribution in [2.24, 2.45) is 86.7 Å². The lowest BCUT2D eigenvalue weighted by Gasteiger charge is -2.12. The van der Waals surface area contributed by atoms with E-state index in [1.807, 2.05) is 0 Å². The van der Waals surface area contributed by atoms with Gasteiger partial charge in [0.25, 0.3) is 0 Å². The first-order valence-corrected chi connectivity index (χ1v) is 15.8. The second-order valence-corrected chi connectivity index (χ2v) is 11.6. The fraction of sp³-hybridized carbons (Fsp3) is 0.176. The van der Waals surface area contributed by atoms with Crippen molar-refractivity contribution in [2.45, 2.75) is 40.5 Å². The van der Waals surface area contributed by atoms with Gasteiger partial charge in [-0.3, -0.25) is 9.59 Å². The molecule has 276 valence electrons. The van der Waals surface area contributed by atoms with E-state index in [4.69, 9.17) is 45.9 Å². The number of benzene rings is 3. The molecule has 19 heteroatoms. The van der Waals surface area contributed by atoms with Gasteiger partial charge in [0, 0.05) is 28.8 Å². The number of nitrogens with one attached hydrogen (secondary N) is 1. The molecule has 0 aliphatic carbocycles. The highest BCUT2D eigenvalue weighted by Crippen LogP contribution is 2.20. The first-order chi connectivity index (χ1) is 25.0. The normalized spacial score (nSPS) is 12.0. The predicted octanol–water partition coefficient (Wildman–Crippen LogP) is 0.283. The molecule has 0 aliphatic rings. The number of nitrogens with two attached hydrogens (primary N) is 8. The minimum Gasteiger partial charge on any atom is -0.369 e. The largest absolute Gasteiger partial charge is 0.369 e. The Morgan fingerprint density at radius 3 is 1.19 bits per heavy atom. The molecule has 17 N–H and O–H groups in total. The Labute approximate surface area is 305 Å². The van der Waals surface area contributed by atoms with Crippen LogP contribution in [0.1, 0.15) is 71.4 Å². The number of hydrogen-bond acceptors (Lipinski definition) is 10. The van der Waals surface area contributed by atoms with Crippen molar-refractivity contribution in [1.82, 2.24) is 0 Å². The summed E-state index contributed by atoms with van der Waals surface area (Å²) in [5.74, 6) is -1.40. The van der Waals surface area contributed by atoms with E-state index in [1.54, 1.807) is 88.4 Å². The number of carbonyl (C=O) groups is 2. The van der Waals surface area contributed by atoms with Crippen LogP contribution in [0.5, 0.6) is 0 Å². The average molecular weight is 722 g/mol. The van der Waals surface area contributed by atoms with Crippen LogP contribution in [-0.4, -0.2) is 58.4 Å². The third kappa shape index (κ3) is 13.1. The molecule has 0 atom stereocenters. The standard InChI is InChI=1S/C34H43N17O2/c1-17(44-48-31(35)36)23-11-24(18(2)45-49-32(37)38)14-27(13-23)29(52)9-21-6-5-7-22(8-21)10-30(53)43-28-15-25(19(3)46-50-33(39)40)12-26(16-28)20(4)47-51-34(41)42/h5-8,11-16H,9-10H2,1-4H3,(H,43,53)(H4,35,36,48)(H4,37,38,49)(H4,39,40,50)(H4,41,42,51). The molecule has 0 heterocycles. The molecule has 0 aromatic heterocycles. The second kappa shape index (κ2) is 18.5. The minimum absolute atomic E-state index is 0.00424. The Morgan fingerprint density at radius 2 is 0.811 bits per heavy atom. The molecule has 0 unspecified atom stereocenters. The van der Waals surface area contributed by atoms with Crippen molar-refractivity contribution in [2.75, 3.05) is 5.32 Å². The van der Waals surface area contributed by atoms with Crippen LogP contribution in [-0.2, 0) is 17.6 Å². The summed E-state index contributed by atoms with van der Waals surface area (Å²) < 4.78 is 0. The molecular weight excluding hydrogens is 678 g/mol. The molecule has 3 aromatic rings. The van der Waals surface area contributed by atoms with Crippen LogP contribution in [0.3, 0.4) is 0 Å². The summed E-state index contributed by atoms with van der Waals surface area (Å²) >= 11 is 0. The summed E-state index contributed by atoms with van der Waals surface area (Å²) in [4.78, 5) is 27.0. The highest BCUT2D eigenvalue weighted by atomic mass is 16.1. The topological polar surface area (TPSA) is 353 Å². The first-order valence-electron chi connectivity index (χ1n) is 15.8. The molecule has 0 saturated carbocycles. The number of nitrogens with zero attached hydrogens (tertiary/aromatic N) is 8. The average Bonchev–Trinajstić information content (AvgIpc) is 3.10. The molecule has 0 saturated heterocycles. The van der Waals surface area contributed by atoms with Gasteiger partial charge < -0.3 is 51.2 Å².